The van der Waals surface area contributed by atoms with Gasteiger partial charge < -0.3 is 4.74 Å². The Hall–Kier alpha value is -0.860. The molecule has 15 heavy (non-hydrogen) atoms. The number of esters is 1. The third-order valence-corrected chi connectivity index (χ3v) is 1.90. The molecule has 0 spiro atoms. The summed E-state index contributed by atoms with van der Waals surface area (Å²) in [6.45, 7) is 12.3. The van der Waals surface area contributed by atoms with Gasteiger partial charge in [0.05, 0.1) is 6.61 Å². The first-order chi connectivity index (χ1) is 6.33. The molecule has 2 nitrogen and oxygen atoms in total. The zero-order valence-electron chi connectivity index (χ0n) is 10.3. The first-order valence-electron chi connectivity index (χ1n) is 5.15. The summed E-state index contributed by atoms with van der Waals surface area (Å²) >= 11 is 0. The molecule has 0 aliphatic carbocycles. The number of unbranched alkanes of at least 4 members (excludes halogenated alkanes) is 1. The van der Waals surface area contributed by atoms with E-state index in [9.17, 15) is 4.79 Å². The molecule has 0 unspecified atom stereocenters. The highest BCUT2D eigenvalue weighted by Crippen LogP contribution is 2.21. The minimum Gasteiger partial charge on any atom is -0.462 e. The molecule has 0 aromatic heterocycles. The van der Waals surface area contributed by atoms with Crippen LogP contribution in [0.25, 0.3) is 0 Å². The van der Waals surface area contributed by atoms with Crippen molar-refractivity contribution in [2.45, 2.75) is 47.0 Å². The van der Waals surface area contributed by atoms with Gasteiger partial charge in [-0.1, -0.05) is 27.4 Å². The minimum absolute atomic E-state index is 0. The van der Waals surface area contributed by atoms with Crippen molar-refractivity contribution in [1.82, 2.24) is 0 Å². The van der Waals surface area contributed by atoms with Gasteiger partial charge in [0, 0.05) is 5.57 Å². The monoisotopic (exact) mass is 218 g/mol. The van der Waals surface area contributed by atoms with E-state index in [1.54, 1.807) is 6.92 Å². The van der Waals surface area contributed by atoms with Crippen LogP contribution >= 0.6 is 0 Å². The van der Waals surface area contributed by atoms with Crippen molar-refractivity contribution in [1.29, 1.82) is 0 Å². The lowest BCUT2D eigenvalue weighted by molar-refractivity contribution is -0.139. The van der Waals surface area contributed by atoms with Gasteiger partial charge in [-0.15, -0.1) is 0 Å². The lowest BCUT2D eigenvalue weighted by Crippen LogP contribution is -2.08. The van der Waals surface area contributed by atoms with Gasteiger partial charge in [0.15, 0.2) is 0 Å². The van der Waals surface area contributed by atoms with Gasteiger partial charge in [0.25, 0.3) is 0 Å². The van der Waals surface area contributed by atoms with E-state index in [1.165, 1.54) is 0 Å². The van der Waals surface area contributed by atoms with E-state index in [2.05, 4.69) is 27.4 Å². The normalized spacial score (nSPS) is 10.4. The molecule has 0 aliphatic rings. The largest absolute Gasteiger partial charge is 0.462 e. The summed E-state index contributed by atoms with van der Waals surface area (Å²) in [5.74, 6) is -0.277. The van der Waals surface area contributed by atoms with Crippen LogP contribution in [-0.4, -0.2) is 12.6 Å². The second-order valence-corrected chi connectivity index (χ2v) is 4.93. The molecular weight excluding hydrogens is 195 g/mol. The van der Waals surface area contributed by atoms with Gasteiger partial charge in [-0.05, 0) is 31.6 Å². The number of hydrogen-bond donors (Lipinski definition) is 0. The lowest BCUT2D eigenvalue weighted by atomic mass is 9.90. The number of carbonyl (C=O) groups is 1. The number of rotatable bonds is 5. The molecule has 0 N–H and O–H groups in total. The second kappa shape index (κ2) is 7.43. The fourth-order valence-electron chi connectivity index (χ4n) is 1.05. The smallest absolute Gasteiger partial charge is 0.333 e. The van der Waals surface area contributed by atoms with Crippen LogP contribution in [0.5, 0.6) is 0 Å². The number of halogens is 1. The van der Waals surface area contributed by atoms with E-state index in [1.807, 2.05) is 0 Å². The van der Waals surface area contributed by atoms with Crippen LogP contribution in [0.2, 0.25) is 0 Å². The van der Waals surface area contributed by atoms with Crippen molar-refractivity contribution >= 4 is 5.97 Å². The van der Waals surface area contributed by atoms with Crippen LogP contribution in [0.1, 0.15) is 47.0 Å². The van der Waals surface area contributed by atoms with E-state index in [0.29, 0.717) is 17.6 Å². The Morgan fingerprint density at radius 1 is 1.27 bits per heavy atom. The first-order valence-corrected chi connectivity index (χ1v) is 5.15. The maximum Gasteiger partial charge on any atom is 0.333 e. The summed E-state index contributed by atoms with van der Waals surface area (Å²) < 4.78 is 4.98. The van der Waals surface area contributed by atoms with Gasteiger partial charge in [-0.2, -0.15) is 0 Å². The van der Waals surface area contributed by atoms with Crippen LogP contribution in [0, 0.1) is 5.41 Å². The van der Waals surface area contributed by atoms with Crippen LogP contribution in [-0.2, 0) is 9.53 Å². The average Bonchev–Trinajstić information content (AvgIpc) is 2.01. The van der Waals surface area contributed by atoms with Crippen LogP contribution in [0.15, 0.2) is 12.2 Å². The third kappa shape index (κ3) is 11.1. The lowest BCUT2D eigenvalue weighted by Gasteiger charge is -2.17. The number of hydrogen-bond acceptors (Lipinski definition) is 2. The Morgan fingerprint density at radius 2 is 1.80 bits per heavy atom. The van der Waals surface area contributed by atoms with E-state index >= 15 is 0 Å². The molecule has 0 atom stereocenters. The molecule has 0 aromatic rings. The topological polar surface area (TPSA) is 26.3 Å². The Bertz CT molecular complexity index is 204. The zero-order valence-corrected chi connectivity index (χ0v) is 10.3. The molecule has 0 aromatic carbocycles. The Balaban J connectivity index is 0. The van der Waals surface area contributed by atoms with Crippen molar-refractivity contribution in [3.8, 4) is 0 Å². The van der Waals surface area contributed by atoms with E-state index in [-0.39, 0.29) is 10.7 Å². The van der Waals surface area contributed by atoms with Crippen LogP contribution < -0.4 is 0 Å². The second-order valence-electron chi connectivity index (χ2n) is 4.93. The molecule has 3 heteroatoms. The van der Waals surface area contributed by atoms with Gasteiger partial charge in [0.2, 0.25) is 0 Å². The van der Waals surface area contributed by atoms with Crippen molar-refractivity contribution in [2.24, 2.45) is 5.41 Å². The molecule has 0 saturated heterocycles. The molecule has 0 saturated carbocycles. The predicted molar refractivity (Wildman–Crippen MR) is 61.6 cm³/mol. The van der Waals surface area contributed by atoms with E-state index in [0.717, 1.165) is 19.3 Å². The fraction of sp³-hybridized carbons (Fsp3) is 0.750. The Labute approximate surface area is 92.1 Å². The molecule has 0 rings (SSSR count). The van der Waals surface area contributed by atoms with E-state index < -0.39 is 0 Å². The van der Waals surface area contributed by atoms with Gasteiger partial charge in [0.1, 0.15) is 0 Å². The third-order valence-electron chi connectivity index (χ3n) is 1.90. The van der Waals surface area contributed by atoms with Crippen molar-refractivity contribution in [3.63, 3.8) is 0 Å². The molecule has 0 amide bonds. The predicted octanol–water partition coefficient (Wildman–Crippen LogP) is 3.47. The maximum atomic E-state index is 11.0. The van der Waals surface area contributed by atoms with Gasteiger partial charge in [-0.3, -0.25) is 4.70 Å². The standard InChI is InChI=1S/C12H22O2.FH/c1-10(2)11(13)14-9-7-6-8-12(3,4)5;/h1,6-9H2,2-5H3;1H. The summed E-state index contributed by atoms with van der Waals surface area (Å²) in [5.41, 5.74) is 0.846. The summed E-state index contributed by atoms with van der Waals surface area (Å²) in [6.07, 6.45) is 3.21. The van der Waals surface area contributed by atoms with Crippen molar-refractivity contribution < 1.29 is 14.2 Å². The SMILES string of the molecule is C=C(C)C(=O)OCCCCC(C)(C)C.F. The minimum atomic E-state index is -0.277. The average molecular weight is 218 g/mol. The van der Waals surface area contributed by atoms with Crippen molar-refractivity contribution in [3.05, 3.63) is 12.2 Å². The fourth-order valence-corrected chi connectivity index (χ4v) is 1.05. The zero-order chi connectivity index (χ0) is 11.2. The molecule has 0 heterocycles. The highest BCUT2D eigenvalue weighted by atomic mass is 19.0. The highest BCUT2D eigenvalue weighted by Gasteiger charge is 2.09. The molecule has 90 valence electrons. The first kappa shape index (κ1) is 16.6. The van der Waals surface area contributed by atoms with Crippen molar-refractivity contribution in [2.75, 3.05) is 6.61 Å². The molecule has 0 aliphatic heterocycles. The summed E-state index contributed by atoms with van der Waals surface area (Å²) in [5, 5.41) is 0. The maximum absolute atomic E-state index is 11.0. The Morgan fingerprint density at radius 3 is 2.20 bits per heavy atom. The summed E-state index contributed by atoms with van der Waals surface area (Å²) in [6, 6.07) is 0. The quantitative estimate of drug-likeness (QED) is 0.401. The van der Waals surface area contributed by atoms with Crippen LogP contribution in [0.3, 0.4) is 0 Å². The summed E-state index contributed by atoms with van der Waals surface area (Å²) in [4.78, 5) is 11.0. The van der Waals surface area contributed by atoms with Gasteiger partial charge in [-0.25, -0.2) is 4.79 Å². The number of carbonyl (C=O) groups excluding carboxylic acids is 1. The highest BCUT2D eigenvalue weighted by molar-refractivity contribution is 5.86. The molecular formula is C12H23FO2. The molecule has 0 fully saturated rings. The van der Waals surface area contributed by atoms with Gasteiger partial charge >= 0.3 is 5.97 Å². The van der Waals surface area contributed by atoms with Crippen LogP contribution in [0.4, 0.5) is 4.70 Å². The number of ether oxygens (including phenoxy) is 1. The molecule has 0 bridgehead atoms. The molecule has 0 radical (unpaired) electrons. The Kier molecular flexibility index (Phi) is 8.21. The summed E-state index contributed by atoms with van der Waals surface area (Å²) in [7, 11) is 0. The van der Waals surface area contributed by atoms with E-state index in [4.69, 9.17) is 4.74 Å².